The molecule has 0 bridgehead atoms. The number of rotatable bonds is 4. The maximum absolute atomic E-state index is 11.9. The van der Waals surface area contributed by atoms with Crippen LogP contribution in [0.1, 0.15) is 57.6 Å². The molecule has 1 amide bonds. The number of carbonyl (C=O) groups excluding carboxylic acids is 1. The van der Waals surface area contributed by atoms with E-state index in [4.69, 9.17) is 9.47 Å². The molecule has 6 nitrogen and oxygen atoms in total. The van der Waals surface area contributed by atoms with Crippen molar-refractivity contribution in [3.05, 3.63) is 23.2 Å². The molecule has 2 aromatic rings. The molecule has 0 aliphatic heterocycles. The van der Waals surface area contributed by atoms with Gasteiger partial charge in [-0.1, -0.05) is 6.07 Å². The van der Waals surface area contributed by atoms with Crippen molar-refractivity contribution >= 4 is 27.6 Å². The number of alkyl carbamates (subject to hydrolysis) is 1. The third-order valence-electron chi connectivity index (χ3n) is 4.81. The second-order valence-electron chi connectivity index (χ2n) is 8.06. The minimum absolute atomic E-state index is 0.0961. The molecule has 1 unspecified atom stereocenters. The number of ether oxygens (including phenoxy) is 2. The highest BCUT2D eigenvalue weighted by molar-refractivity contribution is 7.18. The van der Waals surface area contributed by atoms with E-state index in [1.54, 1.807) is 7.11 Å². The lowest BCUT2D eigenvalue weighted by molar-refractivity contribution is 0.0449. The van der Waals surface area contributed by atoms with Gasteiger partial charge in [0.2, 0.25) is 0 Å². The molecular formula is C20H28N2O4S. The Morgan fingerprint density at radius 3 is 2.63 bits per heavy atom. The van der Waals surface area contributed by atoms with Crippen molar-refractivity contribution in [2.75, 3.05) is 7.11 Å². The van der Waals surface area contributed by atoms with E-state index in [2.05, 4.69) is 10.3 Å². The molecular weight excluding hydrogens is 364 g/mol. The van der Waals surface area contributed by atoms with E-state index in [1.807, 2.05) is 39.0 Å². The van der Waals surface area contributed by atoms with Gasteiger partial charge in [0.15, 0.2) is 0 Å². The second-order valence-corrected chi connectivity index (χ2v) is 9.12. The van der Waals surface area contributed by atoms with Gasteiger partial charge >= 0.3 is 6.09 Å². The lowest BCUT2D eigenvalue weighted by Gasteiger charge is -2.31. The van der Waals surface area contributed by atoms with E-state index in [-0.39, 0.29) is 18.1 Å². The van der Waals surface area contributed by atoms with Crippen LogP contribution in [0.4, 0.5) is 4.79 Å². The number of aliphatic hydroxyl groups is 1. The number of nitrogens with zero attached hydrogens (tertiary/aromatic N) is 1. The average molecular weight is 393 g/mol. The first kappa shape index (κ1) is 19.9. The van der Waals surface area contributed by atoms with E-state index in [9.17, 15) is 9.90 Å². The number of hydrogen-bond donors (Lipinski definition) is 2. The summed E-state index contributed by atoms with van der Waals surface area (Å²) in [6.45, 7) is 5.56. The van der Waals surface area contributed by atoms with Gasteiger partial charge < -0.3 is 19.9 Å². The average Bonchev–Trinajstić information content (AvgIpc) is 3.04. The normalized spacial score (nSPS) is 21.7. The molecule has 1 saturated carbocycles. The van der Waals surface area contributed by atoms with Crippen molar-refractivity contribution in [1.82, 2.24) is 10.3 Å². The number of carbonyl (C=O) groups is 1. The fourth-order valence-electron chi connectivity index (χ4n) is 3.49. The third-order valence-corrected chi connectivity index (χ3v) is 5.90. The number of thiazole rings is 1. The molecule has 1 aromatic carbocycles. The summed E-state index contributed by atoms with van der Waals surface area (Å²) in [5.41, 5.74) is 0.310. The van der Waals surface area contributed by atoms with Gasteiger partial charge in [0.1, 0.15) is 28.0 Å². The fourth-order valence-corrected chi connectivity index (χ4v) is 4.55. The Bertz CT molecular complexity index is 791. The molecule has 0 spiro atoms. The molecule has 1 atom stereocenters. The number of benzene rings is 1. The predicted octanol–water partition coefficient (Wildman–Crippen LogP) is 4.42. The predicted molar refractivity (Wildman–Crippen MR) is 106 cm³/mol. The van der Waals surface area contributed by atoms with Crippen LogP contribution in [0.25, 0.3) is 10.2 Å². The maximum atomic E-state index is 11.9. The second kappa shape index (κ2) is 8.02. The lowest BCUT2D eigenvalue weighted by atomic mass is 9.83. The molecule has 1 aliphatic rings. The zero-order valence-corrected chi connectivity index (χ0v) is 17.1. The van der Waals surface area contributed by atoms with E-state index in [1.165, 1.54) is 11.3 Å². The van der Waals surface area contributed by atoms with Gasteiger partial charge in [-0.25, -0.2) is 9.78 Å². The SMILES string of the molecule is COc1cccc2sc(C(O)[C@H]3CC[C@H](NC(=O)OC(C)(C)C)CC3)nc12. The molecule has 2 N–H and O–H groups in total. The number of fused-ring (bicyclic) bond motifs is 1. The number of nitrogens with one attached hydrogen (secondary N) is 1. The molecule has 1 fully saturated rings. The van der Waals surface area contributed by atoms with E-state index < -0.39 is 11.7 Å². The molecule has 0 saturated heterocycles. The Kier molecular flexibility index (Phi) is 5.91. The number of aliphatic hydroxyl groups excluding tert-OH is 1. The van der Waals surface area contributed by atoms with Crippen LogP contribution < -0.4 is 10.1 Å². The zero-order chi connectivity index (χ0) is 19.6. The number of amides is 1. The lowest BCUT2D eigenvalue weighted by Crippen LogP contribution is -2.41. The van der Waals surface area contributed by atoms with Gasteiger partial charge in [-0.05, 0) is 64.5 Å². The van der Waals surface area contributed by atoms with Gasteiger partial charge in [0.25, 0.3) is 0 Å². The molecule has 7 heteroatoms. The summed E-state index contributed by atoms with van der Waals surface area (Å²) < 4.78 is 11.7. The molecule has 0 radical (unpaired) electrons. The quantitative estimate of drug-likeness (QED) is 0.805. The molecule has 3 rings (SSSR count). The van der Waals surface area contributed by atoms with Crippen LogP contribution in [-0.2, 0) is 4.74 Å². The van der Waals surface area contributed by atoms with Crippen LogP contribution in [0.2, 0.25) is 0 Å². The first-order valence-corrected chi connectivity index (χ1v) is 10.2. The smallest absolute Gasteiger partial charge is 0.407 e. The summed E-state index contributed by atoms with van der Waals surface area (Å²) in [5, 5.41) is 14.5. The third kappa shape index (κ3) is 4.90. The minimum atomic E-state index is -0.588. The molecule has 1 aromatic heterocycles. The Morgan fingerprint density at radius 2 is 2.00 bits per heavy atom. The van der Waals surface area contributed by atoms with Crippen molar-refractivity contribution in [3.63, 3.8) is 0 Å². The van der Waals surface area contributed by atoms with Crippen molar-refractivity contribution < 1.29 is 19.4 Å². The van der Waals surface area contributed by atoms with E-state index in [0.29, 0.717) is 0 Å². The first-order valence-electron chi connectivity index (χ1n) is 9.38. The van der Waals surface area contributed by atoms with Crippen LogP contribution in [0.3, 0.4) is 0 Å². The number of hydrogen-bond acceptors (Lipinski definition) is 6. The van der Waals surface area contributed by atoms with Gasteiger partial charge in [-0.15, -0.1) is 11.3 Å². The summed E-state index contributed by atoms with van der Waals surface area (Å²) >= 11 is 1.52. The first-order chi connectivity index (χ1) is 12.8. The van der Waals surface area contributed by atoms with Crippen molar-refractivity contribution in [2.45, 2.75) is 64.2 Å². The van der Waals surface area contributed by atoms with Crippen molar-refractivity contribution in [2.24, 2.45) is 5.92 Å². The topological polar surface area (TPSA) is 80.7 Å². The highest BCUT2D eigenvalue weighted by Gasteiger charge is 2.30. The fraction of sp³-hybridized carbons (Fsp3) is 0.600. The summed E-state index contributed by atoms with van der Waals surface area (Å²) in [7, 11) is 1.63. The summed E-state index contributed by atoms with van der Waals surface area (Å²) in [6, 6.07) is 5.90. The molecule has 27 heavy (non-hydrogen) atoms. The van der Waals surface area contributed by atoms with Crippen LogP contribution in [0, 0.1) is 5.92 Å². The summed E-state index contributed by atoms with van der Waals surface area (Å²) in [5.74, 6) is 0.876. The van der Waals surface area contributed by atoms with Crippen LogP contribution in [-0.4, -0.2) is 34.9 Å². The maximum Gasteiger partial charge on any atom is 0.407 e. The van der Waals surface area contributed by atoms with Crippen molar-refractivity contribution in [3.8, 4) is 5.75 Å². The van der Waals surface area contributed by atoms with Gasteiger partial charge in [0.05, 0.1) is 11.8 Å². The Labute approximate surface area is 163 Å². The summed E-state index contributed by atoms with van der Waals surface area (Å²) in [6.07, 6.45) is 2.38. The van der Waals surface area contributed by atoms with Crippen LogP contribution in [0.15, 0.2) is 18.2 Å². The minimum Gasteiger partial charge on any atom is -0.494 e. The molecule has 1 heterocycles. The molecule has 1 aliphatic carbocycles. The zero-order valence-electron chi connectivity index (χ0n) is 16.3. The summed E-state index contributed by atoms with van der Waals surface area (Å²) in [4.78, 5) is 16.5. The number of methoxy groups -OCH3 is 1. The highest BCUT2D eigenvalue weighted by atomic mass is 32.1. The Morgan fingerprint density at radius 1 is 1.30 bits per heavy atom. The Balaban J connectivity index is 1.59. The Hall–Kier alpha value is -1.86. The van der Waals surface area contributed by atoms with Gasteiger partial charge in [-0.3, -0.25) is 0 Å². The van der Waals surface area contributed by atoms with E-state index >= 15 is 0 Å². The molecule has 148 valence electrons. The highest BCUT2D eigenvalue weighted by Crippen LogP contribution is 2.39. The number of aromatic nitrogens is 1. The van der Waals surface area contributed by atoms with Gasteiger partial charge in [-0.2, -0.15) is 0 Å². The largest absolute Gasteiger partial charge is 0.494 e. The monoisotopic (exact) mass is 392 g/mol. The van der Waals surface area contributed by atoms with E-state index in [0.717, 1.165) is 46.7 Å². The van der Waals surface area contributed by atoms with Crippen molar-refractivity contribution in [1.29, 1.82) is 0 Å². The van der Waals surface area contributed by atoms with Crippen LogP contribution in [0.5, 0.6) is 5.75 Å². The van der Waals surface area contributed by atoms with Crippen LogP contribution >= 0.6 is 11.3 Å². The standard InChI is InChI=1S/C20H28N2O4S/c1-20(2,3)26-19(24)21-13-10-8-12(9-11-13)17(23)18-22-16-14(25-4)6-5-7-15(16)27-18/h5-7,12-13,17,23H,8-11H2,1-4H3,(H,21,24)/t12-,13-,17?. The van der Waals surface area contributed by atoms with Gasteiger partial charge in [0, 0.05) is 6.04 Å². The number of para-hydroxylation sites is 1.